The minimum absolute atomic E-state index is 0.260. The van der Waals surface area contributed by atoms with Crippen molar-refractivity contribution in [3.8, 4) is 0 Å². The maximum Gasteiger partial charge on any atom is 0.118 e. The van der Waals surface area contributed by atoms with Crippen LogP contribution in [0.25, 0.3) is 0 Å². The van der Waals surface area contributed by atoms with Crippen molar-refractivity contribution in [2.75, 3.05) is 6.54 Å². The van der Waals surface area contributed by atoms with Crippen molar-refractivity contribution in [2.45, 2.75) is 33.2 Å². The third-order valence-corrected chi connectivity index (χ3v) is 2.32. The lowest BCUT2D eigenvalue weighted by Crippen LogP contribution is -2.28. The molecule has 0 aromatic carbocycles. The van der Waals surface area contributed by atoms with Crippen LogP contribution in [-0.4, -0.2) is 17.6 Å². The Morgan fingerprint density at radius 1 is 1.50 bits per heavy atom. The lowest BCUT2D eigenvalue weighted by Gasteiger charge is -2.26. The number of hydrogen-bond acceptors (Lipinski definition) is 3. The van der Waals surface area contributed by atoms with E-state index in [1.165, 1.54) is 5.70 Å². The van der Waals surface area contributed by atoms with Crippen LogP contribution < -0.4 is 0 Å². The molecule has 1 aliphatic heterocycles. The van der Waals surface area contributed by atoms with E-state index in [0.717, 1.165) is 13.0 Å². The second-order valence-electron chi connectivity index (χ2n) is 5.09. The van der Waals surface area contributed by atoms with E-state index >= 15 is 0 Å². The third kappa shape index (κ3) is 1.86. The molecule has 0 amide bonds. The average Bonchev–Trinajstić information content (AvgIpc) is 2.47. The van der Waals surface area contributed by atoms with Gasteiger partial charge >= 0.3 is 0 Å². The van der Waals surface area contributed by atoms with Crippen LogP contribution in [0.5, 0.6) is 0 Å². The van der Waals surface area contributed by atoms with Gasteiger partial charge in [-0.15, -0.1) is 0 Å². The van der Waals surface area contributed by atoms with Gasteiger partial charge in [0.15, 0.2) is 0 Å². The van der Waals surface area contributed by atoms with Crippen LogP contribution in [0.2, 0.25) is 0 Å². The van der Waals surface area contributed by atoms with Gasteiger partial charge in [-0.2, -0.15) is 5.11 Å². The molecular formula is C11H17N3. The summed E-state index contributed by atoms with van der Waals surface area (Å²) in [6.07, 6.45) is 7.36. The number of fused-ring (bicyclic) bond motifs is 1. The Bertz CT molecular complexity index is 307. The van der Waals surface area contributed by atoms with Crippen LogP contribution >= 0.6 is 0 Å². The molecule has 1 aliphatic carbocycles. The van der Waals surface area contributed by atoms with Gasteiger partial charge in [-0.05, 0) is 17.9 Å². The number of hydrogen-bond donors (Lipinski definition) is 0. The molecule has 0 spiro atoms. The first kappa shape index (κ1) is 9.44. The molecule has 0 aromatic heterocycles. The quantitative estimate of drug-likeness (QED) is 0.626. The highest BCUT2D eigenvalue weighted by molar-refractivity contribution is 5.24. The van der Waals surface area contributed by atoms with Gasteiger partial charge in [0.1, 0.15) is 6.04 Å². The van der Waals surface area contributed by atoms with E-state index in [-0.39, 0.29) is 11.5 Å². The molecule has 2 aliphatic rings. The molecule has 1 unspecified atom stereocenters. The second-order valence-corrected chi connectivity index (χ2v) is 5.09. The SMILES string of the molecule is CC(C)(C)CN1N=NC2CC=CC=C21. The van der Waals surface area contributed by atoms with Gasteiger partial charge in [-0.3, -0.25) is 0 Å². The number of rotatable bonds is 1. The predicted molar refractivity (Wildman–Crippen MR) is 56.6 cm³/mol. The smallest absolute Gasteiger partial charge is 0.118 e. The minimum Gasteiger partial charge on any atom is -0.249 e. The summed E-state index contributed by atoms with van der Waals surface area (Å²) in [7, 11) is 0. The van der Waals surface area contributed by atoms with E-state index in [0.29, 0.717) is 0 Å². The monoisotopic (exact) mass is 191 g/mol. The first-order chi connectivity index (χ1) is 6.56. The van der Waals surface area contributed by atoms with E-state index < -0.39 is 0 Å². The van der Waals surface area contributed by atoms with Crippen molar-refractivity contribution >= 4 is 0 Å². The molecule has 0 aromatic rings. The van der Waals surface area contributed by atoms with Crippen molar-refractivity contribution in [3.05, 3.63) is 23.9 Å². The topological polar surface area (TPSA) is 28.0 Å². The number of nitrogens with zero attached hydrogens (tertiary/aromatic N) is 3. The molecule has 0 fully saturated rings. The van der Waals surface area contributed by atoms with Crippen molar-refractivity contribution in [3.63, 3.8) is 0 Å². The third-order valence-electron chi connectivity index (χ3n) is 2.32. The zero-order chi connectivity index (χ0) is 10.2. The standard InChI is InChI=1S/C11H17N3/c1-11(2,3)8-14-10-7-5-4-6-9(10)12-13-14/h4-5,7,9H,6,8H2,1-3H3. The fourth-order valence-electron chi connectivity index (χ4n) is 1.72. The Balaban J connectivity index is 2.11. The summed E-state index contributed by atoms with van der Waals surface area (Å²) in [6, 6.07) is 0.280. The number of allylic oxidation sites excluding steroid dienone is 2. The van der Waals surface area contributed by atoms with E-state index in [1.54, 1.807) is 0 Å². The van der Waals surface area contributed by atoms with Crippen LogP contribution in [-0.2, 0) is 0 Å². The van der Waals surface area contributed by atoms with E-state index in [4.69, 9.17) is 0 Å². The summed E-state index contributed by atoms with van der Waals surface area (Å²) < 4.78 is 0. The van der Waals surface area contributed by atoms with Gasteiger partial charge in [0.25, 0.3) is 0 Å². The maximum atomic E-state index is 4.25. The molecule has 0 N–H and O–H groups in total. The van der Waals surface area contributed by atoms with Crippen molar-refractivity contribution in [1.29, 1.82) is 0 Å². The molecule has 3 heteroatoms. The highest BCUT2D eigenvalue weighted by Crippen LogP contribution is 2.30. The van der Waals surface area contributed by atoms with E-state index in [1.807, 2.05) is 5.01 Å². The Labute approximate surface area is 85.2 Å². The second kappa shape index (κ2) is 3.23. The lowest BCUT2D eigenvalue weighted by atomic mass is 9.95. The Kier molecular flexibility index (Phi) is 2.17. The van der Waals surface area contributed by atoms with Crippen LogP contribution in [0.15, 0.2) is 34.3 Å². The summed E-state index contributed by atoms with van der Waals surface area (Å²) in [5.41, 5.74) is 1.51. The Morgan fingerprint density at radius 2 is 2.29 bits per heavy atom. The first-order valence-corrected chi connectivity index (χ1v) is 5.11. The molecule has 3 nitrogen and oxygen atoms in total. The highest BCUT2D eigenvalue weighted by Gasteiger charge is 2.28. The predicted octanol–water partition coefficient (Wildman–Crippen LogP) is 2.93. The molecule has 76 valence electrons. The maximum absolute atomic E-state index is 4.25. The molecular weight excluding hydrogens is 174 g/mol. The fourth-order valence-corrected chi connectivity index (χ4v) is 1.72. The van der Waals surface area contributed by atoms with Gasteiger partial charge in [-0.25, -0.2) is 5.01 Å². The zero-order valence-corrected chi connectivity index (χ0v) is 9.07. The molecule has 0 saturated carbocycles. The van der Waals surface area contributed by atoms with Crippen molar-refractivity contribution in [1.82, 2.24) is 5.01 Å². The van der Waals surface area contributed by atoms with Gasteiger partial charge in [0.2, 0.25) is 0 Å². The lowest BCUT2D eigenvalue weighted by molar-refractivity contribution is 0.244. The summed E-state index contributed by atoms with van der Waals surface area (Å²) in [4.78, 5) is 0. The molecule has 1 atom stereocenters. The summed E-state index contributed by atoms with van der Waals surface area (Å²) >= 11 is 0. The minimum atomic E-state index is 0.260. The van der Waals surface area contributed by atoms with Crippen molar-refractivity contribution in [2.24, 2.45) is 15.8 Å². The molecule has 0 bridgehead atoms. The molecule has 1 heterocycles. The molecule has 0 saturated heterocycles. The molecule has 14 heavy (non-hydrogen) atoms. The van der Waals surface area contributed by atoms with Crippen molar-refractivity contribution < 1.29 is 0 Å². The van der Waals surface area contributed by atoms with Crippen LogP contribution in [0, 0.1) is 5.41 Å². The first-order valence-electron chi connectivity index (χ1n) is 5.11. The zero-order valence-electron chi connectivity index (χ0n) is 9.07. The summed E-state index contributed by atoms with van der Waals surface area (Å²) in [6.45, 7) is 7.59. The van der Waals surface area contributed by atoms with Crippen LogP contribution in [0.4, 0.5) is 0 Å². The average molecular weight is 191 g/mol. The largest absolute Gasteiger partial charge is 0.249 e. The fraction of sp³-hybridized carbons (Fsp3) is 0.636. The molecule has 2 rings (SSSR count). The Hall–Kier alpha value is -1.12. The van der Waals surface area contributed by atoms with Gasteiger partial charge in [-0.1, -0.05) is 38.1 Å². The summed E-state index contributed by atoms with van der Waals surface area (Å²) in [5, 5.41) is 10.5. The van der Waals surface area contributed by atoms with E-state index in [9.17, 15) is 0 Å². The van der Waals surface area contributed by atoms with Gasteiger partial charge in [0.05, 0.1) is 5.70 Å². The normalized spacial score (nSPS) is 25.2. The van der Waals surface area contributed by atoms with Crippen LogP contribution in [0.3, 0.4) is 0 Å². The van der Waals surface area contributed by atoms with Gasteiger partial charge < -0.3 is 0 Å². The molecule has 0 radical (unpaired) electrons. The highest BCUT2D eigenvalue weighted by atomic mass is 15.6. The Morgan fingerprint density at radius 3 is 3.00 bits per heavy atom. The van der Waals surface area contributed by atoms with Crippen LogP contribution in [0.1, 0.15) is 27.2 Å². The van der Waals surface area contributed by atoms with E-state index in [2.05, 4.69) is 49.3 Å². The summed E-state index contributed by atoms with van der Waals surface area (Å²) in [5.74, 6) is 0. The van der Waals surface area contributed by atoms with Gasteiger partial charge in [0, 0.05) is 6.54 Å².